The van der Waals surface area contributed by atoms with Gasteiger partial charge in [0.1, 0.15) is 0 Å². The zero-order valence-corrected chi connectivity index (χ0v) is 19.0. The molecule has 2 aliphatic rings. The molecule has 2 unspecified atom stereocenters. The maximum atomic E-state index is 12.9. The summed E-state index contributed by atoms with van der Waals surface area (Å²) < 4.78 is 32.4. The van der Waals surface area contributed by atoms with Gasteiger partial charge in [-0.15, -0.1) is 0 Å². The minimum atomic E-state index is -3.71. The third kappa shape index (κ3) is 4.98. The van der Waals surface area contributed by atoms with Crippen LogP contribution in [-0.4, -0.2) is 61.3 Å². The highest BCUT2D eigenvalue weighted by Gasteiger charge is 2.30. The Bertz CT molecular complexity index is 889. The van der Waals surface area contributed by atoms with E-state index in [1.54, 1.807) is 4.90 Å². The first kappa shape index (κ1) is 23.0. The van der Waals surface area contributed by atoms with Gasteiger partial charge in [-0.05, 0) is 64.2 Å². The molecule has 2 fully saturated rings. The molecule has 0 spiro atoms. The van der Waals surface area contributed by atoms with Crippen LogP contribution in [0.25, 0.3) is 0 Å². The smallest absolute Gasteiger partial charge is 0.340 e. The summed E-state index contributed by atoms with van der Waals surface area (Å²) in [5.74, 6) is -1.06. The SMILES string of the molecule is CC1CCCC(C)N1C(=O)COC(=O)c1cc(S(=O)(=O)N2CCCCC2)ccc1Cl. The quantitative estimate of drug-likeness (QED) is 0.633. The maximum absolute atomic E-state index is 12.9. The molecule has 1 aromatic carbocycles. The Hall–Kier alpha value is -1.64. The molecule has 166 valence electrons. The molecular weight excluding hydrogens is 428 g/mol. The molecule has 7 nitrogen and oxygen atoms in total. The molecule has 9 heteroatoms. The van der Waals surface area contributed by atoms with Crippen LogP contribution in [0.3, 0.4) is 0 Å². The number of nitrogens with zero attached hydrogens (tertiary/aromatic N) is 2. The molecule has 3 rings (SSSR count). The van der Waals surface area contributed by atoms with Gasteiger partial charge in [-0.3, -0.25) is 4.79 Å². The van der Waals surface area contributed by atoms with E-state index >= 15 is 0 Å². The second kappa shape index (κ2) is 9.66. The Morgan fingerprint density at radius 2 is 1.70 bits per heavy atom. The van der Waals surface area contributed by atoms with E-state index in [1.165, 1.54) is 22.5 Å². The summed E-state index contributed by atoms with van der Waals surface area (Å²) in [5.41, 5.74) is -0.0534. The van der Waals surface area contributed by atoms with Gasteiger partial charge in [0.2, 0.25) is 10.0 Å². The molecule has 0 aliphatic carbocycles. The van der Waals surface area contributed by atoms with Crippen molar-refractivity contribution in [3.05, 3.63) is 28.8 Å². The fourth-order valence-electron chi connectivity index (χ4n) is 4.27. The molecule has 2 aliphatic heterocycles. The predicted octanol–water partition coefficient (Wildman–Crippen LogP) is 3.46. The fourth-order valence-corrected chi connectivity index (χ4v) is 6.01. The molecule has 0 aromatic heterocycles. The van der Waals surface area contributed by atoms with Gasteiger partial charge in [-0.1, -0.05) is 18.0 Å². The molecule has 0 radical (unpaired) electrons. The summed E-state index contributed by atoms with van der Waals surface area (Å²) in [6.07, 6.45) is 5.55. The van der Waals surface area contributed by atoms with Crippen LogP contribution in [-0.2, 0) is 19.6 Å². The lowest BCUT2D eigenvalue weighted by Gasteiger charge is -2.38. The standard InChI is InChI=1S/C21H29ClN2O5S/c1-15-7-6-8-16(2)24(15)20(25)14-29-21(26)18-13-17(9-10-19(18)22)30(27,28)23-11-4-3-5-12-23/h9-10,13,15-16H,3-8,11-12,14H2,1-2H3. The van der Waals surface area contributed by atoms with Crippen LogP contribution in [0.15, 0.2) is 23.1 Å². The van der Waals surface area contributed by atoms with E-state index in [0.717, 1.165) is 38.5 Å². The van der Waals surface area contributed by atoms with Crippen molar-refractivity contribution in [1.82, 2.24) is 9.21 Å². The van der Waals surface area contributed by atoms with Crippen LogP contribution in [0.4, 0.5) is 0 Å². The summed E-state index contributed by atoms with van der Waals surface area (Å²) >= 11 is 6.13. The van der Waals surface area contributed by atoms with Crippen LogP contribution in [0.5, 0.6) is 0 Å². The van der Waals surface area contributed by atoms with Crippen molar-refractivity contribution in [2.45, 2.75) is 69.4 Å². The molecule has 2 heterocycles. The first-order valence-electron chi connectivity index (χ1n) is 10.5. The number of carbonyl (C=O) groups excluding carboxylic acids is 2. The second-order valence-corrected chi connectivity index (χ2v) is 10.5. The largest absolute Gasteiger partial charge is 0.452 e. The Morgan fingerprint density at radius 1 is 1.07 bits per heavy atom. The van der Waals surface area contributed by atoms with E-state index < -0.39 is 22.6 Å². The van der Waals surface area contributed by atoms with Crippen molar-refractivity contribution in [2.24, 2.45) is 0 Å². The van der Waals surface area contributed by atoms with E-state index in [0.29, 0.717) is 13.1 Å². The van der Waals surface area contributed by atoms with Gasteiger partial charge in [-0.2, -0.15) is 4.31 Å². The van der Waals surface area contributed by atoms with Gasteiger partial charge < -0.3 is 9.64 Å². The summed E-state index contributed by atoms with van der Waals surface area (Å²) in [6.45, 7) is 4.51. The fraction of sp³-hybridized carbons (Fsp3) is 0.619. The number of halogens is 1. The minimum Gasteiger partial charge on any atom is -0.452 e. The lowest BCUT2D eigenvalue weighted by molar-refractivity contribution is -0.140. The maximum Gasteiger partial charge on any atom is 0.340 e. The molecule has 1 aromatic rings. The predicted molar refractivity (Wildman–Crippen MR) is 114 cm³/mol. The van der Waals surface area contributed by atoms with Crippen molar-refractivity contribution >= 4 is 33.5 Å². The topological polar surface area (TPSA) is 84.0 Å². The van der Waals surface area contributed by atoms with Gasteiger partial charge in [0.05, 0.1) is 15.5 Å². The number of benzene rings is 1. The molecule has 30 heavy (non-hydrogen) atoms. The van der Waals surface area contributed by atoms with Gasteiger partial charge >= 0.3 is 5.97 Å². The van der Waals surface area contributed by atoms with Crippen LogP contribution in [0.2, 0.25) is 5.02 Å². The van der Waals surface area contributed by atoms with E-state index in [4.69, 9.17) is 16.3 Å². The first-order chi connectivity index (χ1) is 14.2. The lowest BCUT2D eigenvalue weighted by atomic mass is 9.97. The second-order valence-electron chi connectivity index (χ2n) is 8.11. The van der Waals surface area contributed by atoms with Crippen molar-refractivity contribution in [2.75, 3.05) is 19.7 Å². The molecule has 2 saturated heterocycles. The third-order valence-electron chi connectivity index (χ3n) is 5.92. The molecule has 2 atom stereocenters. The zero-order valence-electron chi connectivity index (χ0n) is 17.5. The third-order valence-corrected chi connectivity index (χ3v) is 8.14. The number of carbonyl (C=O) groups is 2. The Morgan fingerprint density at radius 3 is 2.33 bits per heavy atom. The monoisotopic (exact) mass is 456 g/mol. The number of likely N-dealkylation sites (tertiary alicyclic amines) is 1. The summed E-state index contributed by atoms with van der Waals surface area (Å²) in [5, 5.41) is 0.0877. The number of ether oxygens (including phenoxy) is 1. The van der Waals surface area contributed by atoms with Crippen molar-refractivity contribution < 1.29 is 22.7 Å². The van der Waals surface area contributed by atoms with Crippen molar-refractivity contribution in [3.63, 3.8) is 0 Å². The molecule has 1 amide bonds. The van der Waals surface area contributed by atoms with Crippen molar-refractivity contribution in [3.8, 4) is 0 Å². The van der Waals surface area contributed by atoms with E-state index in [2.05, 4.69) is 0 Å². The summed E-state index contributed by atoms with van der Waals surface area (Å²) in [6, 6.07) is 4.21. The Labute approximate surface area is 183 Å². The highest BCUT2D eigenvalue weighted by molar-refractivity contribution is 7.89. The first-order valence-corrected chi connectivity index (χ1v) is 12.3. The number of esters is 1. The van der Waals surface area contributed by atoms with Gasteiger partial charge in [-0.25, -0.2) is 13.2 Å². The Balaban J connectivity index is 1.71. The van der Waals surface area contributed by atoms with Crippen LogP contribution in [0.1, 0.15) is 62.7 Å². The Kier molecular flexibility index (Phi) is 7.42. The number of rotatable bonds is 5. The molecule has 0 saturated carbocycles. The van der Waals surface area contributed by atoms with Crippen molar-refractivity contribution in [1.29, 1.82) is 0 Å². The van der Waals surface area contributed by atoms with Gasteiger partial charge in [0, 0.05) is 25.2 Å². The van der Waals surface area contributed by atoms with E-state index in [-0.39, 0.29) is 33.5 Å². The summed E-state index contributed by atoms with van der Waals surface area (Å²) in [7, 11) is -3.71. The average molecular weight is 457 g/mol. The van der Waals surface area contributed by atoms with Crippen LogP contribution < -0.4 is 0 Å². The molecule has 0 N–H and O–H groups in total. The highest BCUT2D eigenvalue weighted by atomic mass is 35.5. The highest BCUT2D eigenvalue weighted by Crippen LogP contribution is 2.26. The summed E-state index contributed by atoms with van der Waals surface area (Å²) in [4.78, 5) is 26.9. The lowest BCUT2D eigenvalue weighted by Crippen LogP contribution is -2.49. The normalized spacial score (nSPS) is 23.2. The van der Waals surface area contributed by atoms with Crippen LogP contribution in [0, 0.1) is 0 Å². The molecular formula is C21H29ClN2O5S. The number of hydrogen-bond donors (Lipinski definition) is 0. The number of amides is 1. The number of piperidine rings is 2. The van der Waals surface area contributed by atoms with E-state index in [1.807, 2.05) is 13.8 Å². The number of hydrogen-bond acceptors (Lipinski definition) is 5. The molecule has 0 bridgehead atoms. The number of sulfonamides is 1. The minimum absolute atomic E-state index is 0.00496. The van der Waals surface area contributed by atoms with E-state index in [9.17, 15) is 18.0 Å². The zero-order chi connectivity index (χ0) is 21.9. The van der Waals surface area contributed by atoms with Gasteiger partial charge in [0.15, 0.2) is 6.61 Å². The van der Waals surface area contributed by atoms with Crippen LogP contribution >= 0.6 is 11.6 Å². The van der Waals surface area contributed by atoms with Gasteiger partial charge in [0.25, 0.3) is 5.91 Å². The average Bonchev–Trinajstić information content (AvgIpc) is 2.72.